The molecule has 0 aliphatic carbocycles. The Kier molecular flexibility index (Phi) is 21.8. The van der Waals surface area contributed by atoms with Gasteiger partial charge in [-0.1, -0.05) is 100 Å². The van der Waals surface area contributed by atoms with Crippen LogP contribution in [-0.2, 0) is 73.5 Å². The maximum absolute atomic E-state index is 14.7. The lowest BCUT2D eigenvalue weighted by Crippen LogP contribution is -2.62. The van der Waals surface area contributed by atoms with E-state index in [9.17, 15) is 43.2 Å². The molecule has 4 aromatic carbocycles. The highest BCUT2D eigenvalue weighted by molar-refractivity contribution is 5.99. The van der Waals surface area contributed by atoms with E-state index in [0.717, 1.165) is 54.7 Å². The SMILES string of the molecule is COC(=O)[C@H](Cc1c[nH]c2ccccc12)NC(=O)[C@H](CC(C)C)NC(=O)[C@H](Cc1c[nH]c2ccccc12)NC(=O)CNC(=O)C(C)(C)NC(=O)[C@H](Cc1c[nH]c2ccccc12)NC(=O)[C@H](CC(C)C)NC(=O)[C@H](Cc1c[nH]c2ccccc12)NC(=O)OC(C)(C)C. The molecule has 12 N–H and O–H groups in total. The van der Waals surface area contributed by atoms with Gasteiger partial charge in [-0.2, -0.15) is 0 Å². The average molecular weight is 1250 g/mol. The molecule has 0 aliphatic heterocycles. The Morgan fingerprint density at radius 1 is 0.429 bits per heavy atom. The molecule has 0 saturated carbocycles. The van der Waals surface area contributed by atoms with E-state index in [0.29, 0.717) is 11.1 Å². The molecule has 0 saturated heterocycles. The monoisotopic (exact) mass is 1240 g/mol. The van der Waals surface area contributed by atoms with E-state index in [2.05, 4.69) is 62.5 Å². The van der Waals surface area contributed by atoms with E-state index in [-0.39, 0.29) is 50.4 Å². The summed E-state index contributed by atoms with van der Waals surface area (Å²) in [5.41, 5.74) is 3.43. The van der Waals surface area contributed by atoms with Gasteiger partial charge in [-0.3, -0.25) is 33.6 Å². The van der Waals surface area contributed by atoms with Crippen molar-refractivity contribution >= 4 is 97.0 Å². The lowest BCUT2D eigenvalue weighted by atomic mass is 9.98. The number of ether oxygens (including phenoxy) is 2. The van der Waals surface area contributed by atoms with Crippen molar-refractivity contribution in [1.82, 2.24) is 62.5 Å². The summed E-state index contributed by atoms with van der Waals surface area (Å²) in [7, 11) is 1.22. The molecule has 8 aromatic rings. The number of benzene rings is 4. The normalized spacial score (nSPS) is 13.8. The van der Waals surface area contributed by atoms with Gasteiger partial charge in [0, 0.05) is 94.1 Å². The molecule has 0 unspecified atom stereocenters. The van der Waals surface area contributed by atoms with Crippen molar-refractivity contribution in [3.63, 3.8) is 0 Å². The minimum absolute atomic E-state index is 0.0328. The number of alkyl carbamates (subject to hydrolysis) is 1. The fourth-order valence-corrected chi connectivity index (χ4v) is 11.1. The second kappa shape index (κ2) is 29.6. The Bertz CT molecular complexity index is 3920. The second-order valence-corrected chi connectivity index (χ2v) is 25.4. The Morgan fingerprint density at radius 2 is 0.758 bits per heavy atom. The van der Waals surface area contributed by atoms with Crippen LogP contribution in [0.5, 0.6) is 0 Å². The first-order valence-corrected chi connectivity index (χ1v) is 30.6. The number of H-pyrrole nitrogens is 4. The van der Waals surface area contributed by atoms with Gasteiger partial charge in [-0.25, -0.2) is 9.59 Å². The van der Waals surface area contributed by atoms with E-state index in [1.54, 1.807) is 45.6 Å². The molecule has 8 amide bonds. The fourth-order valence-electron chi connectivity index (χ4n) is 11.1. The Hall–Kier alpha value is -9.93. The van der Waals surface area contributed by atoms with Crippen LogP contribution in [0.2, 0.25) is 0 Å². The lowest BCUT2D eigenvalue weighted by molar-refractivity contribution is -0.145. The van der Waals surface area contributed by atoms with Crippen molar-refractivity contribution in [3.8, 4) is 0 Å². The van der Waals surface area contributed by atoms with E-state index in [1.165, 1.54) is 21.0 Å². The van der Waals surface area contributed by atoms with Crippen LogP contribution in [0.3, 0.4) is 0 Å². The van der Waals surface area contributed by atoms with Gasteiger partial charge in [0.25, 0.3) is 0 Å². The first-order valence-electron chi connectivity index (χ1n) is 30.6. The molecule has 0 bridgehead atoms. The Balaban J connectivity index is 0.972. The first kappa shape index (κ1) is 67.0. The number of aromatic nitrogens is 4. The molecule has 4 aromatic heterocycles. The van der Waals surface area contributed by atoms with Crippen LogP contribution in [0, 0.1) is 11.8 Å². The largest absolute Gasteiger partial charge is 0.467 e. The molecule has 482 valence electrons. The van der Waals surface area contributed by atoms with E-state index >= 15 is 0 Å². The maximum atomic E-state index is 14.7. The number of rotatable bonds is 28. The zero-order valence-electron chi connectivity index (χ0n) is 53.1. The standard InChI is InChI=1S/C68H84N12O11/c1-38(2)27-52(76-62(85)55(79-66(89)91-67(5,6)7)30-41-34-70-49-24-16-12-20-45(41)49)59(82)77-56(31-42-35-71-50-25-17-13-21-46(42)50)63(86)80-68(8,9)65(88)73-37-58(81)74-54(29-40-33-69-48-23-15-11-19-44(40)48)61(84)75-53(28-39(3)4)60(83)78-57(64(87)90-10)32-43-36-72-51-26-18-14-22-47(43)51/h11-26,33-36,38-39,52-57,69-72H,27-32,37H2,1-10H3,(H,73,88)(H,74,81)(H,75,84)(H,76,85)(H,77,82)(H,78,83)(H,79,89)(H,80,86)/t52-,53-,54-,55-,56-,57-/m0/s1. The third-order valence-corrected chi connectivity index (χ3v) is 15.6. The minimum Gasteiger partial charge on any atom is -0.467 e. The molecule has 4 heterocycles. The second-order valence-electron chi connectivity index (χ2n) is 25.4. The van der Waals surface area contributed by atoms with Crippen molar-refractivity contribution in [3.05, 3.63) is 144 Å². The van der Waals surface area contributed by atoms with Crippen LogP contribution in [0.25, 0.3) is 43.6 Å². The van der Waals surface area contributed by atoms with Gasteiger partial charge in [-0.15, -0.1) is 0 Å². The lowest BCUT2D eigenvalue weighted by Gasteiger charge is -2.30. The molecule has 23 heteroatoms. The smallest absolute Gasteiger partial charge is 0.408 e. The van der Waals surface area contributed by atoms with Gasteiger partial charge in [0.2, 0.25) is 41.4 Å². The number of aromatic amines is 4. The molecule has 0 fully saturated rings. The summed E-state index contributed by atoms with van der Waals surface area (Å²) in [6.07, 6.45) is 6.42. The predicted octanol–water partition coefficient (Wildman–Crippen LogP) is 6.48. The summed E-state index contributed by atoms with van der Waals surface area (Å²) in [5, 5.41) is 25.4. The predicted molar refractivity (Wildman–Crippen MR) is 347 cm³/mol. The topological polar surface area (TPSA) is 331 Å². The van der Waals surface area contributed by atoms with Gasteiger partial charge in [0.15, 0.2) is 0 Å². The molecule has 91 heavy (non-hydrogen) atoms. The molecule has 8 rings (SSSR count). The summed E-state index contributed by atoms with van der Waals surface area (Å²) < 4.78 is 10.7. The van der Waals surface area contributed by atoms with Gasteiger partial charge >= 0.3 is 12.1 Å². The molecule has 0 radical (unpaired) electrons. The zero-order chi connectivity index (χ0) is 65.7. The van der Waals surface area contributed by atoms with Crippen LogP contribution >= 0.6 is 0 Å². The van der Waals surface area contributed by atoms with Crippen molar-refractivity contribution < 1.29 is 52.6 Å². The third-order valence-electron chi connectivity index (χ3n) is 15.6. The average Bonchev–Trinajstić information content (AvgIpc) is 1.89. The van der Waals surface area contributed by atoms with Gasteiger partial charge in [0.1, 0.15) is 47.4 Å². The molecular formula is C68H84N12O11. The number of amides is 8. The highest BCUT2D eigenvalue weighted by Gasteiger charge is 2.37. The molecule has 0 spiro atoms. The zero-order valence-corrected chi connectivity index (χ0v) is 53.1. The summed E-state index contributed by atoms with van der Waals surface area (Å²) in [5.74, 6) is -6.05. The highest BCUT2D eigenvalue weighted by atomic mass is 16.6. The maximum Gasteiger partial charge on any atom is 0.408 e. The number of fused-ring (bicyclic) bond motifs is 4. The third kappa shape index (κ3) is 17.9. The first-order chi connectivity index (χ1) is 43.2. The molecular weight excluding hydrogens is 1160 g/mol. The Morgan fingerprint density at radius 3 is 1.13 bits per heavy atom. The number of nitrogens with one attached hydrogen (secondary N) is 12. The van der Waals surface area contributed by atoms with E-state index in [4.69, 9.17) is 9.47 Å². The number of esters is 1. The van der Waals surface area contributed by atoms with Crippen LogP contribution in [0.15, 0.2) is 122 Å². The van der Waals surface area contributed by atoms with Crippen LogP contribution in [0.1, 0.15) is 97.4 Å². The summed E-state index contributed by atoms with van der Waals surface area (Å²) >= 11 is 0. The van der Waals surface area contributed by atoms with E-state index in [1.807, 2.05) is 125 Å². The number of methoxy groups -OCH3 is 1. The van der Waals surface area contributed by atoms with Crippen LogP contribution in [0.4, 0.5) is 4.79 Å². The van der Waals surface area contributed by atoms with Crippen molar-refractivity contribution in [2.24, 2.45) is 11.8 Å². The van der Waals surface area contributed by atoms with Crippen LogP contribution in [-0.4, -0.2) is 134 Å². The molecule has 23 nitrogen and oxygen atoms in total. The summed E-state index contributed by atoms with van der Waals surface area (Å²) in [6, 6.07) is 22.5. The molecule has 0 aliphatic rings. The number of carbonyl (C=O) groups excluding carboxylic acids is 9. The van der Waals surface area contributed by atoms with Gasteiger partial charge in [0.05, 0.1) is 13.7 Å². The van der Waals surface area contributed by atoms with Crippen molar-refractivity contribution in [1.29, 1.82) is 0 Å². The summed E-state index contributed by atoms with van der Waals surface area (Å²) in [6.45, 7) is 14.8. The number of para-hydroxylation sites is 4. The fraction of sp³-hybridized carbons (Fsp3) is 0.397. The van der Waals surface area contributed by atoms with Crippen LogP contribution < -0.4 is 42.5 Å². The summed E-state index contributed by atoms with van der Waals surface area (Å²) in [4.78, 5) is 140. The molecule has 6 atom stereocenters. The van der Waals surface area contributed by atoms with E-state index < -0.39 is 107 Å². The van der Waals surface area contributed by atoms with Gasteiger partial charge in [-0.05, 0) is 106 Å². The quantitative estimate of drug-likeness (QED) is 0.0236. The number of hydrogen-bond donors (Lipinski definition) is 12. The number of carbonyl (C=O) groups is 9. The van der Waals surface area contributed by atoms with Crippen molar-refractivity contribution in [2.45, 2.75) is 148 Å². The van der Waals surface area contributed by atoms with Gasteiger partial charge < -0.3 is 71.9 Å². The highest BCUT2D eigenvalue weighted by Crippen LogP contribution is 2.25. The minimum atomic E-state index is -1.73. The number of hydrogen-bond acceptors (Lipinski definition) is 11. The Labute approximate surface area is 527 Å². The van der Waals surface area contributed by atoms with Crippen molar-refractivity contribution in [2.75, 3.05) is 13.7 Å².